The highest BCUT2D eigenvalue weighted by molar-refractivity contribution is 6.77. The van der Waals surface area contributed by atoms with Gasteiger partial charge in [-0.2, -0.15) is 0 Å². The van der Waals surface area contributed by atoms with Crippen LogP contribution in [0.1, 0.15) is 5.56 Å². The van der Waals surface area contributed by atoms with Crippen molar-refractivity contribution in [1.82, 2.24) is 0 Å². The maximum absolute atomic E-state index is 5.73. The van der Waals surface area contributed by atoms with Gasteiger partial charge in [0.05, 0.1) is 11.4 Å². The summed E-state index contributed by atoms with van der Waals surface area (Å²) in [6.45, 7) is 0. The lowest BCUT2D eigenvalue weighted by Crippen LogP contribution is -2.18. The summed E-state index contributed by atoms with van der Waals surface area (Å²) in [6, 6.07) is 7.78. The molecule has 0 aliphatic carbocycles. The molecule has 0 aromatic heterocycles. The van der Waals surface area contributed by atoms with Crippen LogP contribution in [-0.4, -0.2) is 9.50 Å². The minimum Gasteiger partial charge on any atom is -0.253 e. The van der Waals surface area contributed by atoms with Crippen molar-refractivity contribution in [2.24, 2.45) is 4.99 Å². The molecule has 0 spiro atoms. The summed E-state index contributed by atoms with van der Waals surface area (Å²) in [5.41, 5.74) is 2.62. The number of rotatable bonds is 0. The summed E-state index contributed by atoms with van der Waals surface area (Å²) >= 11 is 17.2. The van der Waals surface area contributed by atoms with Gasteiger partial charge in [0.25, 0.3) is 0 Å². The van der Waals surface area contributed by atoms with Crippen LogP contribution >= 0.6 is 34.8 Å². The Morgan fingerprint density at radius 1 is 1.15 bits per heavy atom. The summed E-state index contributed by atoms with van der Waals surface area (Å²) in [5, 5.41) is 0. The van der Waals surface area contributed by atoms with Crippen LogP contribution in [0.25, 0.3) is 0 Å². The third-order valence-corrected chi connectivity index (χ3v) is 2.59. The van der Waals surface area contributed by atoms with E-state index in [1.807, 2.05) is 24.3 Å². The second-order valence-electron chi connectivity index (χ2n) is 2.86. The maximum atomic E-state index is 5.73. The smallest absolute Gasteiger partial charge is 0.229 e. The predicted octanol–water partition coefficient (Wildman–Crippen LogP) is 3.69. The maximum Gasteiger partial charge on any atom is 0.229 e. The molecule has 1 aromatic carbocycles. The number of alkyl halides is 3. The van der Waals surface area contributed by atoms with Gasteiger partial charge in [-0.3, -0.25) is 4.99 Å². The number of fused-ring (bicyclic) bond motifs is 1. The minimum absolute atomic E-state index is 0.596. The average Bonchev–Trinajstić information content (AvgIpc) is 2.45. The van der Waals surface area contributed by atoms with E-state index >= 15 is 0 Å². The fourth-order valence-electron chi connectivity index (χ4n) is 1.30. The van der Waals surface area contributed by atoms with Gasteiger partial charge in [-0.1, -0.05) is 53.0 Å². The molecule has 1 nitrogen and oxygen atoms in total. The van der Waals surface area contributed by atoms with Gasteiger partial charge in [0.2, 0.25) is 3.79 Å². The van der Waals surface area contributed by atoms with E-state index in [-0.39, 0.29) is 0 Å². The van der Waals surface area contributed by atoms with Gasteiger partial charge >= 0.3 is 0 Å². The normalized spacial score (nSPS) is 15.5. The van der Waals surface area contributed by atoms with Crippen LogP contribution in [0, 0.1) is 0 Å². The van der Waals surface area contributed by atoms with E-state index in [0.29, 0.717) is 12.1 Å². The molecule has 0 amide bonds. The number of hydrogen-bond acceptors (Lipinski definition) is 1. The van der Waals surface area contributed by atoms with Gasteiger partial charge in [-0.15, -0.1) is 0 Å². The zero-order chi connectivity index (χ0) is 9.47. The summed E-state index contributed by atoms with van der Waals surface area (Å²) in [4.78, 5) is 4.24. The van der Waals surface area contributed by atoms with E-state index in [9.17, 15) is 0 Å². The number of para-hydroxylation sites is 1. The highest BCUT2D eigenvalue weighted by Crippen LogP contribution is 2.36. The summed E-state index contributed by atoms with van der Waals surface area (Å²) in [6.07, 6.45) is 0.632. The molecule has 68 valence electrons. The van der Waals surface area contributed by atoms with Gasteiger partial charge in [-0.25, -0.2) is 0 Å². The van der Waals surface area contributed by atoms with Crippen LogP contribution < -0.4 is 0 Å². The number of halogens is 3. The third kappa shape index (κ3) is 1.83. The van der Waals surface area contributed by atoms with Crippen molar-refractivity contribution >= 4 is 46.2 Å². The van der Waals surface area contributed by atoms with E-state index in [4.69, 9.17) is 34.8 Å². The molecule has 0 unspecified atom stereocenters. The molecule has 2 rings (SSSR count). The largest absolute Gasteiger partial charge is 0.253 e. The molecule has 0 N–H and O–H groups in total. The van der Waals surface area contributed by atoms with Crippen molar-refractivity contribution in [3.63, 3.8) is 0 Å². The molecule has 1 heterocycles. The zero-order valence-corrected chi connectivity index (χ0v) is 8.87. The van der Waals surface area contributed by atoms with E-state index in [1.54, 1.807) is 0 Å². The van der Waals surface area contributed by atoms with E-state index in [2.05, 4.69) is 4.99 Å². The number of aliphatic imine (C=N–C) groups is 1. The Morgan fingerprint density at radius 3 is 2.46 bits per heavy atom. The van der Waals surface area contributed by atoms with Gasteiger partial charge in [-0.05, 0) is 11.6 Å². The Bertz CT molecular complexity index is 365. The van der Waals surface area contributed by atoms with Gasteiger partial charge in [0.1, 0.15) is 0 Å². The van der Waals surface area contributed by atoms with Crippen molar-refractivity contribution in [2.75, 3.05) is 0 Å². The highest BCUT2D eigenvalue weighted by Gasteiger charge is 2.31. The molecular formula is C9H6Cl3N. The molecule has 0 radical (unpaired) electrons. The molecule has 4 heteroatoms. The number of hydrogen-bond donors (Lipinski definition) is 0. The van der Waals surface area contributed by atoms with Crippen molar-refractivity contribution < 1.29 is 0 Å². The van der Waals surface area contributed by atoms with Crippen LogP contribution in [0.5, 0.6) is 0 Å². The Morgan fingerprint density at radius 2 is 1.85 bits per heavy atom. The fourth-order valence-corrected chi connectivity index (χ4v) is 1.63. The molecule has 0 fully saturated rings. The Hall–Kier alpha value is -0.240. The summed E-state index contributed by atoms with van der Waals surface area (Å²) in [5.74, 6) is 0. The van der Waals surface area contributed by atoms with Crippen LogP contribution in [0.2, 0.25) is 0 Å². The van der Waals surface area contributed by atoms with Crippen LogP contribution in [-0.2, 0) is 6.42 Å². The highest BCUT2D eigenvalue weighted by atomic mass is 35.6. The lowest BCUT2D eigenvalue weighted by Gasteiger charge is -2.08. The Kier molecular flexibility index (Phi) is 2.26. The lowest BCUT2D eigenvalue weighted by molar-refractivity contribution is 1.34. The quantitative estimate of drug-likeness (QED) is 0.607. The number of benzene rings is 1. The second-order valence-corrected chi connectivity index (χ2v) is 5.14. The van der Waals surface area contributed by atoms with Gasteiger partial charge in [0, 0.05) is 6.42 Å². The molecule has 1 aliphatic heterocycles. The van der Waals surface area contributed by atoms with Crippen LogP contribution in [0.15, 0.2) is 29.3 Å². The average molecular weight is 235 g/mol. The van der Waals surface area contributed by atoms with E-state index in [0.717, 1.165) is 11.3 Å². The molecule has 1 aliphatic rings. The van der Waals surface area contributed by atoms with Crippen molar-refractivity contribution in [3.8, 4) is 0 Å². The van der Waals surface area contributed by atoms with Crippen LogP contribution in [0.3, 0.4) is 0 Å². The minimum atomic E-state index is -1.38. The molecule has 1 aromatic rings. The van der Waals surface area contributed by atoms with Crippen molar-refractivity contribution in [1.29, 1.82) is 0 Å². The Balaban J connectivity index is 2.37. The molecule has 13 heavy (non-hydrogen) atoms. The second kappa shape index (κ2) is 3.16. The topological polar surface area (TPSA) is 12.4 Å². The van der Waals surface area contributed by atoms with Crippen molar-refractivity contribution in [2.45, 2.75) is 10.2 Å². The summed E-state index contributed by atoms with van der Waals surface area (Å²) < 4.78 is -1.38. The molecular weight excluding hydrogens is 228 g/mol. The van der Waals surface area contributed by atoms with Gasteiger partial charge in [0.15, 0.2) is 0 Å². The Labute approximate surface area is 91.3 Å². The summed E-state index contributed by atoms with van der Waals surface area (Å²) in [7, 11) is 0. The first-order valence-electron chi connectivity index (χ1n) is 3.80. The molecule has 0 atom stereocenters. The van der Waals surface area contributed by atoms with Gasteiger partial charge < -0.3 is 0 Å². The number of nitrogens with zero attached hydrogens (tertiary/aromatic N) is 1. The van der Waals surface area contributed by atoms with Crippen LogP contribution in [0.4, 0.5) is 5.69 Å². The molecule has 0 saturated heterocycles. The molecule has 0 bridgehead atoms. The molecule has 0 saturated carbocycles. The van der Waals surface area contributed by atoms with E-state index < -0.39 is 3.79 Å². The van der Waals surface area contributed by atoms with Crippen molar-refractivity contribution in [3.05, 3.63) is 29.8 Å². The monoisotopic (exact) mass is 233 g/mol. The van der Waals surface area contributed by atoms with E-state index in [1.165, 1.54) is 0 Å². The lowest BCUT2D eigenvalue weighted by atomic mass is 10.1. The third-order valence-electron chi connectivity index (χ3n) is 1.93. The predicted molar refractivity (Wildman–Crippen MR) is 57.5 cm³/mol. The first-order chi connectivity index (χ1) is 6.07. The first kappa shape index (κ1) is 9.32. The first-order valence-corrected chi connectivity index (χ1v) is 4.93. The fraction of sp³-hybridized carbons (Fsp3) is 0.222. The SMILES string of the molecule is ClC(Cl)(Cl)C1=Nc2ccccc2C1. The zero-order valence-electron chi connectivity index (χ0n) is 6.60. The standard InChI is InChI=1S/C9H6Cl3N/c10-9(11,12)8-5-6-3-1-2-4-7(6)13-8/h1-4H,5H2.